The zero-order valence-electron chi connectivity index (χ0n) is 9.58. The fraction of sp³-hybridized carbons (Fsp3) is 0.455. The van der Waals surface area contributed by atoms with E-state index in [9.17, 15) is 0 Å². The van der Waals surface area contributed by atoms with E-state index in [0.29, 0.717) is 6.54 Å². The maximum Gasteiger partial charge on any atom is 0.170 e. The molecule has 0 saturated heterocycles. The van der Waals surface area contributed by atoms with Crippen LogP contribution in [0.15, 0.2) is 35.8 Å². The first-order valence-corrected chi connectivity index (χ1v) is 5.39. The Morgan fingerprint density at radius 1 is 1.33 bits per heavy atom. The van der Waals surface area contributed by atoms with E-state index in [0.717, 1.165) is 10.5 Å². The van der Waals surface area contributed by atoms with Crippen LogP contribution in [-0.4, -0.2) is 27.1 Å². The molecule has 4 heteroatoms. The molecule has 15 heavy (non-hydrogen) atoms. The van der Waals surface area contributed by atoms with Crippen molar-refractivity contribution in [1.29, 1.82) is 0 Å². The lowest BCUT2D eigenvalue weighted by Crippen LogP contribution is -2.25. The van der Waals surface area contributed by atoms with Crippen LogP contribution >= 0.6 is 11.9 Å². The average Bonchev–Trinajstić information content (AvgIpc) is 2.21. The molecule has 0 radical (unpaired) electrons. The molecule has 0 bridgehead atoms. The molecule has 0 aliphatic rings. The second kappa shape index (κ2) is 8.73. The molecule has 1 N–H and O–H groups in total. The molecule has 0 aliphatic heterocycles. The van der Waals surface area contributed by atoms with E-state index in [-0.39, 0.29) is 6.29 Å². The standard InChI is InChI=1S/C11H19NO2S/c1-9(2)6-7-10(3)15-12-8-11(13-4)14-5/h6-7,11-12H,1,3,8H2,2,4-5H3/b7-6-. The van der Waals surface area contributed by atoms with Crippen molar-refractivity contribution in [3.8, 4) is 0 Å². The van der Waals surface area contributed by atoms with Crippen LogP contribution in [0, 0.1) is 0 Å². The van der Waals surface area contributed by atoms with Gasteiger partial charge in [-0.1, -0.05) is 24.8 Å². The number of hydrogen-bond donors (Lipinski definition) is 1. The Kier molecular flexibility index (Phi) is 8.41. The summed E-state index contributed by atoms with van der Waals surface area (Å²) in [5.74, 6) is 0. The van der Waals surface area contributed by atoms with E-state index in [1.807, 2.05) is 19.1 Å². The fourth-order valence-electron chi connectivity index (χ4n) is 0.735. The third kappa shape index (κ3) is 8.44. The largest absolute Gasteiger partial charge is 0.355 e. The maximum absolute atomic E-state index is 5.02. The van der Waals surface area contributed by atoms with Crippen LogP contribution in [0.25, 0.3) is 0 Å². The average molecular weight is 229 g/mol. The monoisotopic (exact) mass is 229 g/mol. The summed E-state index contributed by atoms with van der Waals surface area (Å²) in [6.45, 7) is 10.2. The Morgan fingerprint density at radius 3 is 2.40 bits per heavy atom. The second-order valence-electron chi connectivity index (χ2n) is 3.00. The van der Waals surface area contributed by atoms with Gasteiger partial charge in [0.25, 0.3) is 0 Å². The van der Waals surface area contributed by atoms with E-state index >= 15 is 0 Å². The van der Waals surface area contributed by atoms with Gasteiger partial charge in [0.15, 0.2) is 6.29 Å². The summed E-state index contributed by atoms with van der Waals surface area (Å²) in [6, 6.07) is 0. The minimum atomic E-state index is -0.226. The Morgan fingerprint density at radius 2 is 1.93 bits per heavy atom. The summed E-state index contributed by atoms with van der Waals surface area (Å²) in [4.78, 5) is 0.920. The van der Waals surface area contributed by atoms with Gasteiger partial charge in [0.05, 0.1) is 6.54 Å². The number of allylic oxidation sites excluding steroid dienone is 3. The van der Waals surface area contributed by atoms with Crippen molar-refractivity contribution in [3.63, 3.8) is 0 Å². The van der Waals surface area contributed by atoms with E-state index in [2.05, 4.69) is 17.9 Å². The first-order chi connectivity index (χ1) is 7.10. The molecule has 0 atom stereocenters. The normalized spacial score (nSPS) is 11.2. The topological polar surface area (TPSA) is 30.5 Å². The number of methoxy groups -OCH3 is 2. The van der Waals surface area contributed by atoms with Crippen LogP contribution in [0.5, 0.6) is 0 Å². The molecule has 0 heterocycles. The molecule has 0 unspecified atom stereocenters. The molecule has 0 rings (SSSR count). The number of hydrogen-bond acceptors (Lipinski definition) is 4. The highest BCUT2D eigenvalue weighted by Crippen LogP contribution is 2.11. The van der Waals surface area contributed by atoms with Crippen molar-refractivity contribution in [2.75, 3.05) is 20.8 Å². The van der Waals surface area contributed by atoms with Crippen LogP contribution in [0.2, 0.25) is 0 Å². The van der Waals surface area contributed by atoms with Gasteiger partial charge in [0, 0.05) is 19.1 Å². The van der Waals surface area contributed by atoms with Gasteiger partial charge in [-0.3, -0.25) is 4.72 Å². The van der Waals surface area contributed by atoms with Crippen molar-refractivity contribution in [2.24, 2.45) is 0 Å². The lowest BCUT2D eigenvalue weighted by Gasteiger charge is -2.13. The highest BCUT2D eigenvalue weighted by molar-refractivity contribution is 8.01. The highest BCUT2D eigenvalue weighted by atomic mass is 32.2. The van der Waals surface area contributed by atoms with Crippen molar-refractivity contribution in [1.82, 2.24) is 4.72 Å². The van der Waals surface area contributed by atoms with Crippen LogP contribution in [0.1, 0.15) is 6.92 Å². The summed E-state index contributed by atoms with van der Waals surface area (Å²) < 4.78 is 13.1. The van der Waals surface area contributed by atoms with Crippen LogP contribution in [-0.2, 0) is 9.47 Å². The van der Waals surface area contributed by atoms with E-state index in [1.165, 1.54) is 11.9 Å². The third-order valence-corrected chi connectivity index (χ3v) is 2.24. The van der Waals surface area contributed by atoms with Gasteiger partial charge in [-0.05, 0) is 24.9 Å². The minimum Gasteiger partial charge on any atom is -0.355 e. The molecule has 0 amide bonds. The van der Waals surface area contributed by atoms with Gasteiger partial charge in [-0.2, -0.15) is 0 Å². The second-order valence-corrected chi connectivity index (χ2v) is 4.01. The summed E-state index contributed by atoms with van der Waals surface area (Å²) in [5.41, 5.74) is 1.00. The molecule has 0 aromatic carbocycles. The fourth-order valence-corrected chi connectivity index (χ4v) is 1.28. The highest BCUT2D eigenvalue weighted by Gasteiger charge is 2.03. The Balaban J connectivity index is 3.67. The summed E-state index contributed by atoms with van der Waals surface area (Å²) >= 11 is 1.45. The van der Waals surface area contributed by atoms with Gasteiger partial charge in [-0.15, -0.1) is 0 Å². The Hall–Kier alpha value is -0.550. The van der Waals surface area contributed by atoms with Gasteiger partial charge >= 0.3 is 0 Å². The molecule has 0 fully saturated rings. The zero-order chi connectivity index (χ0) is 11.7. The first-order valence-electron chi connectivity index (χ1n) is 4.58. The number of ether oxygens (including phenoxy) is 2. The quantitative estimate of drug-likeness (QED) is 0.393. The van der Waals surface area contributed by atoms with E-state index in [4.69, 9.17) is 9.47 Å². The van der Waals surface area contributed by atoms with Crippen LogP contribution < -0.4 is 4.72 Å². The minimum absolute atomic E-state index is 0.226. The predicted molar refractivity (Wildman–Crippen MR) is 66.5 cm³/mol. The maximum atomic E-state index is 5.02. The van der Waals surface area contributed by atoms with Crippen LogP contribution in [0.3, 0.4) is 0 Å². The van der Waals surface area contributed by atoms with Crippen molar-refractivity contribution < 1.29 is 9.47 Å². The summed E-state index contributed by atoms with van der Waals surface area (Å²) in [7, 11) is 3.21. The lowest BCUT2D eigenvalue weighted by atomic mass is 10.3. The molecular formula is C11H19NO2S. The molecule has 0 saturated carbocycles. The molecule has 0 aromatic heterocycles. The van der Waals surface area contributed by atoms with Crippen molar-refractivity contribution in [2.45, 2.75) is 13.2 Å². The molecule has 86 valence electrons. The van der Waals surface area contributed by atoms with Gasteiger partial charge in [0.1, 0.15) is 0 Å². The molecule has 0 aliphatic carbocycles. The van der Waals surface area contributed by atoms with E-state index < -0.39 is 0 Å². The van der Waals surface area contributed by atoms with Gasteiger partial charge in [-0.25, -0.2) is 0 Å². The Labute approximate surface area is 96.4 Å². The zero-order valence-corrected chi connectivity index (χ0v) is 10.4. The van der Waals surface area contributed by atoms with Gasteiger partial charge < -0.3 is 9.47 Å². The van der Waals surface area contributed by atoms with Gasteiger partial charge in [0.2, 0.25) is 0 Å². The predicted octanol–water partition coefficient (Wildman–Crippen LogP) is 2.49. The van der Waals surface area contributed by atoms with Crippen molar-refractivity contribution in [3.05, 3.63) is 35.8 Å². The smallest absolute Gasteiger partial charge is 0.170 e. The third-order valence-electron chi connectivity index (χ3n) is 1.53. The lowest BCUT2D eigenvalue weighted by molar-refractivity contribution is -0.0957. The van der Waals surface area contributed by atoms with Crippen molar-refractivity contribution >= 4 is 11.9 Å². The molecule has 0 aromatic rings. The van der Waals surface area contributed by atoms with E-state index in [1.54, 1.807) is 14.2 Å². The number of nitrogens with one attached hydrogen (secondary N) is 1. The first kappa shape index (κ1) is 14.5. The molecule has 3 nitrogen and oxygen atoms in total. The Bertz CT molecular complexity index is 235. The SMILES string of the molecule is C=C(C)/C=C\C(=C)SNCC(OC)OC. The van der Waals surface area contributed by atoms with Crippen LogP contribution in [0.4, 0.5) is 0 Å². The molecule has 0 spiro atoms. The summed E-state index contributed by atoms with van der Waals surface area (Å²) in [5, 5.41) is 0. The summed E-state index contributed by atoms with van der Waals surface area (Å²) in [6.07, 6.45) is 3.60. The number of rotatable bonds is 8. The molecular weight excluding hydrogens is 210 g/mol.